The second kappa shape index (κ2) is 8.89. The average molecular weight is 401 g/mol. The summed E-state index contributed by atoms with van der Waals surface area (Å²) < 4.78 is 5.46. The highest BCUT2D eigenvalue weighted by Crippen LogP contribution is 2.25. The van der Waals surface area contributed by atoms with E-state index in [4.69, 9.17) is 14.7 Å². The minimum Gasteiger partial charge on any atom is -0.461 e. The van der Waals surface area contributed by atoms with Crippen molar-refractivity contribution < 1.29 is 9.53 Å². The van der Waals surface area contributed by atoms with Gasteiger partial charge in [-0.2, -0.15) is 5.26 Å². The Bertz CT molecular complexity index is 1080. The van der Waals surface area contributed by atoms with Crippen LogP contribution in [0.5, 0.6) is 0 Å². The maximum absolute atomic E-state index is 12.6. The van der Waals surface area contributed by atoms with Crippen molar-refractivity contribution in [1.82, 2.24) is 14.9 Å². The number of benzene rings is 2. The molecule has 0 radical (unpaired) electrons. The van der Waals surface area contributed by atoms with Crippen molar-refractivity contribution in [2.45, 2.75) is 19.1 Å². The standard InChI is InChI=1S/C23H23N5O2/c1-27-11-12-28(18(14-24)15-27)23-21(25-19-9-5-6-10-20(19)26-23)13-22(29)30-16-17-7-3-2-4-8-17/h2-10,18H,11-13,15-16H2,1H3/t18-/m1/s1. The molecule has 2 heterocycles. The summed E-state index contributed by atoms with van der Waals surface area (Å²) in [5.74, 6) is 0.220. The molecule has 1 fully saturated rings. The number of ether oxygens (including phenoxy) is 1. The minimum atomic E-state index is -0.368. The molecule has 1 aliphatic heterocycles. The lowest BCUT2D eigenvalue weighted by atomic mass is 10.1. The maximum atomic E-state index is 12.6. The molecule has 30 heavy (non-hydrogen) atoms. The Labute approximate surface area is 175 Å². The lowest BCUT2D eigenvalue weighted by molar-refractivity contribution is -0.144. The average Bonchev–Trinajstić information content (AvgIpc) is 2.78. The number of likely N-dealkylation sites (N-methyl/N-ethyl adjacent to an activating group) is 1. The molecule has 1 aliphatic rings. The first kappa shape index (κ1) is 19.8. The van der Waals surface area contributed by atoms with Crippen LogP contribution in [0.15, 0.2) is 54.6 Å². The number of esters is 1. The summed E-state index contributed by atoms with van der Waals surface area (Å²) in [6.07, 6.45) is 0.00445. The van der Waals surface area contributed by atoms with Gasteiger partial charge in [0.05, 0.1) is 29.2 Å². The number of nitrogens with zero attached hydrogens (tertiary/aromatic N) is 5. The molecular formula is C23H23N5O2. The van der Waals surface area contributed by atoms with Crippen molar-refractivity contribution in [3.8, 4) is 6.07 Å². The Balaban J connectivity index is 1.61. The van der Waals surface area contributed by atoms with Gasteiger partial charge in [-0.1, -0.05) is 42.5 Å². The summed E-state index contributed by atoms with van der Waals surface area (Å²) in [6, 6.07) is 19.1. The van der Waals surface area contributed by atoms with Crippen LogP contribution < -0.4 is 4.90 Å². The third-order valence-corrected chi connectivity index (χ3v) is 5.18. The van der Waals surface area contributed by atoms with Crippen LogP contribution in [0.1, 0.15) is 11.3 Å². The van der Waals surface area contributed by atoms with E-state index in [0.29, 0.717) is 24.6 Å². The van der Waals surface area contributed by atoms with Crippen LogP contribution in [0.2, 0.25) is 0 Å². The summed E-state index contributed by atoms with van der Waals surface area (Å²) in [7, 11) is 2.00. The zero-order chi connectivity index (χ0) is 20.9. The van der Waals surface area contributed by atoms with Crippen molar-refractivity contribution in [2.24, 2.45) is 0 Å². The number of para-hydroxylation sites is 2. The molecule has 0 bridgehead atoms. The molecule has 0 N–H and O–H groups in total. The molecule has 1 saturated heterocycles. The first-order valence-electron chi connectivity index (χ1n) is 9.94. The number of hydrogen-bond donors (Lipinski definition) is 0. The number of anilines is 1. The first-order chi connectivity index (χ1) is 14.6. The Morgan fingerprint density at radius 2 is 1.80 bits per heavy atom. The topological polar surface area (TPSA) is 82.3 Å². The van der Waals surface area contributed by atoms with Gasteiger partial charge in [-0.05, 0) is 24.7 Å². The van der Waals surface area contributed by atoms with Gasteiger partial charge in [0, 0.05) is 19.6 Å². The van der Waals surface area contributed by atoms with Crippen LogP contribution in [0.4, 0.5) is 5.82 Å². The molecule has 0 aliphatic carbocycles. The first-order valence-corrected chi connectivity index (χ1v) is 9.94. The molecule has 7 nitrogen and oxygen atoms in total. The molecule has 1 aromatic heterocycles. The molecule has 7 heteroatoms. The van der Waals surface area contributed by atoms with E-state index in [1.165, 1.54) is 0 Å². The predicted octanol–water partition coefficient (Wildman–Crippen LogP) is 2.56. The molecule has 0 saturated carbocycles. The van der Waals surface area contributed by atoms with E-state index in [-0.39, 0.29) is 25.0 Å². The van der Waals surface area contributed by atoms with E-state index < -0.39 is 0 Å². The molecule has 0 spiro atoms. The fraction of sp³-hybridized carbons (Fsp3) is 0.304. The van der Waals surface area contributed by atoms with Gasteiger partial charge in [0.1, 0.15) is 12.6 Å². The molecule has 4 rings (SSSR count). The van der Waals surface area contributed by atoms with Crippen LogP contribution in [-0.4, -0.2) is 53.6 Å². The van der Waals surface area contributed by atoms with Gasteiger partial charge >= 0.3 is 5.97 Å². The highest BCUT2D eigenvalue weighted by Gasteiger charge is 2.29. The largest absolute Gasteiger partial charge is 0.461 e. The zero-order valence-corrected chi connectivity index (χ0v) is 16.9. The third-order valence-electron chi connectivity index (χ3n) is 5.18. The Morgan fingerprint density at radius 1 is 1.10 bits per heavy atom. The van der Waals surface area contributed by atoms with Gasteiger partial charge in [0.15, 0.2) is 5.82 Å². The van der Waals surface area contributed by atoms with Crippen molar-refractivity contribution in [3.63, 3.8) is 0 Å². The van der Waals surface area contributed by atoms with Gasteiger partial charge < -0.3 is 14.5 Å². The maximum Gasteiger partial charge on any atom is 0.312 e. The van der Waals surface area contributed by atoms with E-state index in [2.05, 4.69) is 11.0 Å². The normalized spacial score (nSPS) is 16.9. The Hall–Kier alpha value is -3.50. The quantitative estimate of drug-likeness (QED) is 0.608. The van der Waals surface area contributed by atoms with Gasteiger partial charge in [0.2, 0.25) is 0 Å². The van der Waals surface area contributed by atoms with E-state index in [1.54, 1.807) is 0 Å². The molecule has 2 aromatic carbocycles. The molecular weight excluding hydrogens is 378 g/mol. The summed E-state index contributed by atoms with van der Waals surface area (Å²) >= 11 is 0. The minimum absolute atomic E-state index is 0.00445. The van der Waals surface area contributed by atoms with E-state index in [0.717, 1.165) is 23.1 Å². The second-order valence-corrected chi connectivity index (χ2v) is 7.41. The van der Waals surface area contributed by atoms with Gasteiger partial charge in [-0.3, -0.25) is 4.79 Å². The summed E-state index contributed by atoms with van der Waals surface area (Å²) in [5, 5.41) is 9.68. The number of carbonyl (C=O) groups is 1. The molecule has 0 amide bonds. The van der Waals surface area contributed by atoms with Crippen LogP contribution in [0.3, 0.4) is 0 Å². The number of aromatic nitrogens is 2. The van der Waals surface area contributed by atoms with Crippen molar-refractivity contribution in [1.29, 1.82) is 5.26 Å². The lowest BCUT2D eigenvalue weighted by Gasteiger charge is -2.37. The highest BCUT2D eigenvalue weighted by atomic mass is 16.5. The van der Waals surface area contributed by atoms with Gasteiger partial charge in [0.25, 0.3) is 0 Å². The smallest absolute Gasteiger partial charge is 0.312 e. The van der Waals surface area contributed by atoms with Gasteiger partial charge in [-0.25, -0.2) is 9.97 Å². The lowest BCUT2D eigenvalue weighted by Crippen LogP contribution is -2.52. The SMILES string of the molecule is CN1CCN(c2nc3ccccc3nc2CC(=O)OCc2ccccc2)[C@H](C#N)C1. The Kier molecular flexibility index (Phi) is 5.87. The monoisotopic (exact) mass is 401 g/mol. The van der Waals surface area contributed by atoms with Crippen LogP contribution in [0.25, 0.3) is 11.0 Å². The molecule has 0 unspecified atom stereocenters. The van der Waals surface area contributed by atoms with Crippen LogP contribution >= 0.6 is 0 Å². The molecule has 1 atom stereocenters. The highest BCUT2D eigenvalue weighted by molar-refractivity contribution is 5.80. The van der Waals surface area contributed by atoms with E-state index in [9.17, 15) is 10.1 Å². The van der Waals surface area contributed by atoms with E-state index in [1.807, 2.05) is 66.5 Å². The molecule has 152 valence electrons. The molecule has 3 aromatic rings. The fourth-order valence-corrected chi connectivity index (χ4v) is 3.59. The predicted molar refractivity (Wildman–Crippen MR) is 114 cm³/mol. The van der Waals surface area contributed by atoms with Gasteiger partial charge in [-0.15, -0.1) is 0 Å². The summed E-state index contributed by atoms with van der Waals surface area (Å²) in [5.41, 5.74) is 2.93. The third kappa shape index (κ3) is 4.39. The number of carbonyl (C=O) groups excluding carboxylic acids is 1. The van der Waals surface area contributed by atoms with Crippen LogP contribution in [-0.2, 0) is 22.6 Å². The van der Waals surface area contributed by atoms with Crippen molar-refractivity contribution in [2.75, 3.05) is 31.6 Å². The number of nitriles is 1. The van der Waals surface area contributed by atoms with Crippen molar-refractivity contribution in [3.05, 3.63) is 65.9 Å². The number of rotatable bonds is 5. The summed E-state index contributed by atoms with van der Waals surface area (Å²) in [4.78, 5) is 26.1. The van der Waals surface area contributed by atoms with Crippen LogP contribution in [0, 0.1) is 11.3 Å². The Morgan fingerprint density at radius 3 is 2.53 bits per heavy atom. The zero-order valence-electron chi connectivity index (χ0n) is 16.9. The second-order valence-electron chi connectivity index (χ2n) is 7.41. The van der Waals surface area contributed by atoms with Crippen molar-refractivity contribution >= 4 is 22.8 Å². The number of fused-ring (bicyclic) bond motifs is 1. The number of hydrogen-bond acceptors (Lipinski definition) is 7. The van der Waals surface area contributed by atoms with E-state index >= 15 is 0 Å². The fourth-order valence-electron chi connectivity index (χ4n) is 3.59. The summed E-state index contributed by atoms with van der Waals surface area (Å²) in [6.45, 7) is 2.28. The number of piperazine rings is 1.